The number of hydrogen-bond acceptors (Lipinski definition) is 6. The van der Waals surface area contributed by atoms with Crippen molar-refractivity contribution in [3.8, 4) is 0 Å². The maximum Gasteiger partial charge on any atom is 0.326 e. The summed E-state index contributed by atoms with van der Waals surface area (Å²) in [6, 6.07) is 11.8. The summed E-state index contributed by atoms with van der Waals surface area (Å²) in [7, 11) is 0. The Labute approximate surface area is 219 Å². The lowest BCUT2D eigenvalue weighted by molar-refractivity contribution is -0.143. The molecule has 3 rings (SSSR count). The summed E-state index contributed by atoms with van der Waals surface area (Å²) in [5.74, 6) is -3.44. The summed E-state index contributed by atoms with van der Waals surface area (Å²) >= 11 is 0. The van der Waals surface area contributed by atoms with Gasteiger partial charge in [-0.1, -0.05) is 48.5 Å². The number of aromatic amines is 1. The number of carbonyl (C=O) groups excluding carboxylic acids is 3. The Hall–Kier alpha value is -4.22. The predicted molar refractivity (Wildman–Crippen MR) is 141 cm³/mol. The fraction of sp³-hybridized carbons (Fsp3) is 0.333. The summed E-state index contributed by atoms with van der Waals surface area (Å²) in [5.41, 5.74) is 8.34. The molecule has 8 N–H and O–H groups in total. The smallest absolute Gasteiger partial charge is 0.326 e. The predicted octanol–water partition coefficient (Wildman–Crippen LogP) is 0.220. The highest BCUT2D eigenvalue weighted by Crippen LogP contribution is 2.19. The third-order valence-electron chi connectivity index (χ3n) is 6.16. The molecule has 0 radical (unpaired) electrons. The van der Waals surface area contributed by atoms with Gasteiger partial charge in [-0.05, 0) is 37.5 Å². The number of aliphatic hydroxyl groups is 1. The van der Waals surface area contributed by atoms with Gasteiger partial charge >= 0.3 is 5.97 Å². The van der Waals surface area contributed by atoms with Gasteiger partial charge in [-0.2, -0.15) is 0 Å². The minimum Gasteiger partial charge on any atom is -0.480 e. The molecule has 3 amide bonds. The molecule has 0 saturated carbocycles. The first-order valence-corrected chi connectivity index (χ1v) is 12.2. The zero-order chi connectivity index (χ0) is 27.8. The number of fused-ring (bicyclic) bond motifs is 1. The van der Waals surface area contributed by atoms with E-state index in [2.05, 4.69) is 20.9 Å². The van der Waals surface area contributed by atoms with Gasteiger partial charge in [0.15, 0.2) is 0 Å². The van der Waals surface area contributed by atoms with Gasteiger partial charge in [0.05, 0.1) is 12.1 Å². The van der Waals surface area contributed by atoms with Crippen LogP contribution in [0.3, 0.4) is 0 Å². The zero-order valence-electron chi connectivity index (χ0n) is 21.2. The number of H-pyrrole nitrogens is 1. The van der Waals surface area contributed by atoms with Gasteiger partial charge in [0.2, 0.25) is 17.7 Å². The average Bonchev–Trinajstić information content (AvgIpc) is 3.29. The Balaban J connectivity index is 1.60. The lowest BCUT2D eigenvalue weighted by Crippen LogP contribution is -2.59. The third kappa shape index (κ3) is 7.40. The van der Waals surface area contributed by atoms with E-state index in [9.17, 15) is 29.4 Å². The zero-order valence-corrected chi connectivity index (χ0v) is 21.2. The summed E-state index contributed by atoms with van der Waals surface area (Å²) in [4.78, 5) is 53.1. The van der Waals surface area contributed by atoms with E-state index in [1.54, 1.807) is 6.20 Å². The Morgan fingerprint density at radius 2 is 1.53 bits per heavy atom. The molecule has 0 spiro atoms. The molecular formula is C27H33N5O6. The van der Waals surface area contributed by atoms with Crippen LogP contribution in [0.1, 0.15) is 25.0 Å². The van der Waals surface area contributed by atoms with E-state index in [4.69, 9.17) is 5.73 Å². The molecule has 5 atom stereocenters. The molecule has 202 valence electrons. The van der Waals surface area contributed by atoms with Gasteiger partial charge in [0.1, 0.15) is 18.1 Å². The van der Waals surface area contributed by atoms with Crippen molar-refractivity contribution in [2.24, 2.45) is 5.73 Å². The van der Waals surface area contributed by atoms with Gasteiger partial charge in [0, 0.05) is 23.5 Å². The van der Waals surface area contributed by atoms with Crippen molar-refractivity contribution in [2.45, 2.75) is 57.0 Å². The number of hydrogen-bond donors (Lipinski definition) is 7. The lowest BCUT2D eigenvalue weighted by Gasteiger charge is -2.25. The first-order valence-electron chi connectivity index (χ1n) is 12.2. The number of benzene rings is 2. The number of nitrogens with two attached hydrogens (primary N) is 1. The highest BCUT2D eigenvalue weighted by Gasteiger charge is 2.32. The fourth-order valence-electron chi connectivity index (χ4n) is 4.01. The van der Waals surface area contributed by atoms with Crippen molar-refractivity contribution < 1.29 is 29.4 Å². The molecule has 0 fully saturated rings. The molecule has 38 heavy (non-hydrogen) atoms. The topological polar surface area (TPSA) is 187 Å². The molecule has 2 aromatic carbocycles. The number of nitrogens with one attached hydrogen (secondary N) is 4. The molecule has 0 aliphatic heterocycles. The van der Waals surface area contributed by atoms with Crippen LogP contribution in [0.5, 0.6) is 0 Å². The highest BCUT2D eigenvalue weighted by molar-refractivity contribution is 5.94. The second-order valence-electron chi connectivity index (χ2n) is 9.22. The third-order valence-corrected chi connectivity index (χ3v) is 6.16. The maximum absolute atomic E-state index is 12.9. The van der Waals surface area contributed by atoms with E-state index in [-0.39, 0.29) is 12.8 Å². The molecule has 0 bridgehead atoms. The van der Waals surface area contributed by atoms with Crippen LogP contribution in [-0.2, 0) is 32.0 Å². The molecule has 1 aromatic heterocycles. The standard InChI is InChI=1S/C27H33N5O6/c1-15(30-25(35)20(28)12-17-8-4-3-5-9-17)24(34)32-23(16(2)33)26(36)31-22(27(37)38)13-18-14-29-21-11-7-6-10-19(18)21/h3-11,14-16,20,22-23,29,33H,12-13,28H2,1-2H3,(H,30,35)(H,31,36)(H,32,34)(H,37,38). The maximum atomic E-state index is 12.9. The number of aliphatic carboxylic acids is 1. The van der Waals surface area contributed by atoms with Gasteiger partial charge < -0.3 is 36.9 Å². The van der Waals surface area contributed by atoms with Crippen LogP contribution in [0.25, 0.3) is 10.9 Å². The summed E-state index contributed by atoms with van der Waals surface area (Å²) < 4.78 is 0. The Morgan fingerprint density at radius 3 is 2.18 bits per heavy atom. The highest BCUT2D eigenvalue weighted by atomic mass is 16.4. The van der Waals surface area contributed by atoms with Crippen molar-refractivity contribution in [3.05, 3.63) is 71.9 Å². The number of para-hydroxylation sites is 1. The number of amides is 3. The van der Waals surface area contributed by atoms with Crippen molar-refractivity contribution >= 4 is 34.6 Å². The van der Waals surface area contributed by atoms with Gasteiger partial charge in [-0.3, -0.25) is 14.4 Å². The van der Waals surface area contributed by atoms with Gasteiger partial charge in [0.25, 0.3) is 0 Å². The minimum atomic E-state index is -1.45. The van der Waals surface area contributed by atoms with Gasteiger partial charge in [-0.25, -0.2) is 4.79 Å². The number of aromatic nitrogens is 1. The van der Waals surface area contributed by atoms with Crippen molar-refractivity contribution in [2.75, 3.05) is 0 Å². The molecule has 3 aromatic rings. The molecule has 0 aliphatic carbocycles. The van der Waals surface area contributed by atoms with Crippen LogP contribution >= 0.6 is 0 Å². The quantitative estimate of drug-likeness (QED) is 0.177. The molecule has 11 nitrogen and oxygen atoms in total. The van der Waals surface area contributed by atoms with E-state index in [1.807, 2.05) is 54.6 Å². The monoisotopic (exact) mass is 523 g/mol. The van der Waals surface area contributed by atoms with E-state index in [0.717, 1.165) is 16.5 Å². The SMILES string of the molecule is CC(NC(=O)C(N)Cc1ccccc1)C(=O)NC(C(=O)NC(Cc1c[nH]c2ccccc12)C(=O)O)C(C)O. The minimum absolute atomic E-state index is 0.0165. The molecule has 0 aliphatic rings. The van der Waals surface area contributed by atoms with E-state index in [1.165, 1.54) is 13.8 Å². The van der Waals surface area contributed by atoms with E-state index >= 15 is 0 Å². The van der Waals surface area contributed by atoms with Crippen LogP contribution in [0, 0.1) is 0 Å². The van der Waals surface area contributed by atoms with Crippen LogP contribution in [0.4, 0.5) is 0 Å². The summed E-state index contributed by atoms with van der Waals surface area (Å²) in [6.07, 6.45) is 0.585. The summed E-state index contributed by atoms with van der Waals surface area (Å²) in [5, 5.41) is 28.0. The van der Waals surface area contributed by atoms with Crippen molar-refractivity contribution in [1.82, 2.24) is 20.9 Å². The first kappa shape index (κ1) is 28.4. The van der Waals surface area contributed by atoms with Crippen LogP contribution in [0.2, 0.25) is 0 Å². The number of aliphatic hydroxyl groups excluding tert-OH is 1. The Kier molecular flexibility index (Phi) is 9.58. The molecular weight excluding hydrogens is 490 g/mol. The van der Waals surface area contributed by atoms with Crippen molar-refractivity contribution in [1.29, 1.82) is 0 Å². The normalized spacial score (nSPS) is 15.1. The van der Waals surface area contributed by atoms with Crippen LogP contribution in [-0.4, -0.2) is 69.2 Å². The van der Waals surface area contributed by atoms with Crippen LogP contribution < -0.4 is 21.7 Å². The van der Waals surface area contributed by atoms with Crippen LogP contribution in [0.15, 0.2) is 60.8 Å². The molecule has 1 heterocycles. The molecule has 0 saturated heterocycles. The Morgan fingerprint density at radius 1 is 0.868 bits per heavy atom. The lowest BCUT2D eigenvalue weighted by atomic mass is 10.0. The fourth-order valence-corrected chi connectivity index (χ4v) is 4.01. The number of carboxylic acid groups (broad SMARTS) is 1. The summed E-state index contributed by atoms with van der Waals surface area (Å²) in [6.45, 7) is 2.70. The first-order chi connectivity index (χ1) is 18.1. The van der Waals surface area contributed by atoms with Crippen molar-refractivity contribution in [3.63, 3.8) is 0 Å². The average molecular weight is 524 g/mol. The largest absolute Gasteiger partial charge is 0.480 e. The molecule has 11 heteroatoms. The molecule has 5 unspecified atom stereocenters. The number of rotatable bonds is 12. The number of carbonyl (C=O) groups is 4. The number of carboxylic acids is 1. The second-order valence-corrected chi connectivity index (χ2v) is 9.22. The Bertz CT molecular complexity index is 1280. The van der Waals surface area contributed by atoms with Gasteiger partial charge in [-0.15, -0.1) is 0 Å². The van der Waals surface area contributed by atoms with E-state index in [0.29, 0.717) is 5.56 Å². The van der Waals surface area contributed by atoms with E-state index < -0.39 is 54.0 Å². The second kappa shape index (κ2) is 12.8.